The number of carbonyl (C=O) groups is 2. The van der Waals surface area contributed by atoms with Crippen LogP contribution in [0.15, 0.2) is 0 Å². The Kier molecular flexibility index (Phi) is 2.91. The smallest absolute Gasteiger partial charge is 0.319 e. The Morgan fingerprint density at radius 2 is 1.94 bits per heavy atom. The standard InChI is InChI=1S/C12H19NO3/c1-8(9-4-2-5-9)13-10(14)12(11(15)16)6-3-7-12/h8-9H,2-7H2,1H3,(H,13,14)(H,15,16). The number of aliphatic carboxylic acids is 1. The van der Waals surface area contributed by atoms with E-state index in [1.165, 1.54) is 6.42 Å². The van der Waals surface area contributed by atoms with Crippen molar-refractivity contribution in [2.45, 2.75) is 51.5 Å². The first-order valence-electron chi connectivity index (χ1n) is 6.10. The maximum Gasteiger partial charge on any atom is 0.319 e. The highest BCUT2D eigenvalue weighted by molar-refractivity contribution is 6.02. The van der Waals surface area contributed by atoms with E-state index in [4.69, 9.17) is 5.11 Å². The van der Waals surface area contributed by atoms with E-state index in [0.717, 1.165) is 19.3 Å². The third kappa shape index (κ3) is 1.70. The van der Waals surface area contributed by atoms with Gasteiger partial charge in [-0.25, -0.2) is 0 Å². The summed E-state index contributed by atoms with van der Waals surface area (Å²) in [4.78, 5) is 23.1. The van der Waals surface area contributed by atoms with Gasteiger partial charge >= 0.3 is 5.97 Å². The summed E-state index contributed by atoms with van der Waals surface area (Å²) in [6.07, 6.45) is 5.37. The van der Waals surface area contributed by atoms with Gasteiger partial charge in [-0.2, -0.15) is 0 Å². The van der Waals surface area contributed by atoms with E-state index in [-0.39, 0.29) is 11.9 Å². The molecular weight excluding hydrogens is 206 g/mol. The first kappa shape index (κ1) is 11.4. The number of nitrogens with one attached hydrogen (secondary N) is 1. The van der Waals surface area contributed by atoms with Gasteiger partial charge in [-0.05, 0) is 38.5 Å². The van der Waals surface area contributed by atoms with Gasteiger partial charge < -0.3 is 10.4 Å². The Morgan fingerprint density at radius 3 is 2.25 bits per heavy atom. The van der Waals surface area contributed by atoms with Crippen molar-refractivity contribution >= 4 is 11.9 Å². The second kappa shape index (κ2) is 4.07. The minimum Gasteiger partial charge on any atom is -0.480 e. The van der Waals surface area contributed by atoms with Gasteiger partial charge in [0, 0.05) is 6.04 Å². The average Bonchev–Trinajstić information content (AvgIpc) is 1.95. The van der Waals surface area contributed by atoms with Gasteiger partial charge in [0.25, 0.3) is 0 Å². The van der Waals surface area contributed by atoms with Crippen LogP contribution in [0.2, 0.25) is 0 Å². The third-order valence-corrected chi connectivity index (χ3v) is 4.27. The van der Waals surface area contributed by atoms with Crippen LogP contribution in [0, 0.1) is 11.3 Å². The quantitative estimate of drug-likeness (QED) is 0.713. The SMILES string of the molecule is CC(NC(=O)C1(C(=O)O)CCC1)C1CCC1. The maximum absolute atomic E-state index is 12.0. The summed E-state index contributed by atoms with van der Waals surface area (Å²) in [5.74, 6) is -0.683. The molecule has 90 valence electrons. The van der Waals surface area contributed by atoms with Crippen molar-refractivity contribution < 1.29 is 14.7 Å². The second-order valence-electron chi connectivity index (χ2n) is 5.19. The summed E-state index contributed by atoms with van der Waals surface area (Å²) in [6, 6.07) is 0.123. The molecule has 0 heterocycles. The fourth-order valence-electron chi connectivity index (χ4n) is 2.47. The number of hydrogen-bond donors (Lipinski definition) is 2. The predicted octanol–water partition coefficient (Wildman–Crippen LogP) is 1.55. The van der Waals surface area contributed by atoms with Gasteiger partial charge in [-0.15, -0.1) is 0 Å². The summed E-state index contributed by atoms with van der Waals surface area (Å²) in [5.41, 5.74) is -1.11. The van der Waals surface area contributed by atoms with Gasteiger partial charge in [-0.1, -0.05) is 12.8 Å². The van der Waals surface area contributed by atoms with Gasteiger partial charge in [0.2, 0.25) is 5.91 Å². The molecule has 2 saturated carbocycles. The van der Waals surface area contributed by atoms with Crippen molar-refractivity contribution in [3.8, 4) is 0 Å². The van der Waals surface area contributed by atoms with E-state index in [1.54, 1.807) is 0 Å². The molecule has 0 aromatic carbocycles. The summed E-state index contributed by atoms with van der Waals surface area (Å²) in [7, 11) is 0. The zero-order chi connectivity index (χ0) is 11.8. The summed E-state index contributed by atoms with van der Waals surface area (Å²) >= 11 is 0. The maximum atomic E-state index is 12.0. The lowest BCUT2D eigenvalue weighted by Crippen LogP contribution is -2.54. The lowest BCUT2D eigenvalue weighted by Gasteiger charge is -2.39. The molecule has 1 unspecified atom stereocenters. The van der Waals surface area contributed by atoms with E-state index in [0.29, 0.717) is 18.8 Å². The molecule has 0 aromatic heterocycles. The van der Waals surface area contributed by atoms with E-state index in [2.05, 4.69) is 5.32 Å². The molecule has 0 saturated heterocycles. The fraction of sp³-hybridized carbons (Fsp3) is 0.833. The molecule has 16 heavy (non-hydrogen) atoms. The summed E-state index contributed by atoms with van der Waals surface area (Å²) < 4.78 is 0. The number of carboxylic acids is 1. The van der Waals surface area contributed by atoms with E-state index >= 15 is 0 Å². The van der Waals surface area contributed by atoms with Crippen LogP contribution in [-0.4, -0.2) is 23.0 Å². The minimum absolute atomic E-state index is 0.123. The number of amides is 1. The number of hydrogen-bond acceptors (Lipinski definition) is 2. The topological polar surface area (TPSA) is 66.4 Å². The van der Waals surface area contributed by atoms with Gasteiger partial charge in [-0.3, -0.25) is 9.59 Å². The highest BCUT2D eigenvalue weighted by atomic mass is 16.4. The summed E-state index contributed by atoms with van der Waals surface area (Å²) in [5, 5.41) is 12.0. The molecule has 0 spiro atoms. The molecule has 0 aliphatic heterocycles. The van der Waals surface area contributed by atoms with Crippen molar-refractivity contribution in [1.82, 2.24) is 5.32 Å². The minimum atomic E-state index is -1.11. The van der Waals surface area contributed by atoms with Crippen LogP contribution in [0.3, 0.4) is 0 Å². The number of carboxylic acid groups (broad SMARTS) is 1. The zero-order valence-corrected chi connectivity index (χ0v) is 9.66. The van der Waals surface area contributed by atoms with Crippen LogP contribution in [-0.2, 0) is 9.59 Å². The van der Waals surface area contributed by atoms with Crippen molar-refractivity contribution in [1.29, 1.82) is 0 Å². The molecule has 4 heteroatoms. The molecule has 2 rings (SSSR count). The molecule has 0 radical (unpaired) electrons. The van der Waals surface area contributed by atoms with E-state index in [9.17, 15) is 9.59 Å². The first-order chi connectivity index (χ1) is 7.56. The molecule has 2 aliphatic carbocycles. The Labute approximate surface area is 95.4 Å². The van der Waals surface area contributed by atoms with Crippen LogP contribution in [0.25, 0.3) is 0 Å². The van der Waals surface area contributed by atoms with Gasteiger partial charge in [0.1, 0.15) is 5.41 Å². The molecule has 2 N–H and O–H groups in total. The Morgan fingerprint density at radius 1 is 1.31 bits per heavy atom. The van der Waals surface area contributed by atoms with Crippen LogP contribution in [0.1, 0.15) is 45.4 Å². The molecule has 1 atom stereocenters. The average molecular weight is 225 g/mol. The largest absolute Gasteiger partial charge is 0.480 e. The number of rotatable bonds is 4. The van der Waals surface area contributed by atoms with Crippen molar-refractivity contribution in [2.24, 2.45) is 11.3 Å². The van der Waals surface area contributed by atoms with Crippen molar-refractivity contribution in [3.05, 3.63) is 0 Å². The number of carbonyl (C=O) groups excluding carboxylic acids is 1. The second-order valence-corrected chi connectivity index (χ2v) is 5.19. The summed E-state index contributed by atoms with van der Waals surface area (Å²) in [6.45, 7) is 1.98. The molecular formula is C12H19NO3. The molecule has 0 aromatic rings. The first-order valence-corrected chi connectivity index (χ1v) is 6.10. The van der Waals surface area contributed by atoms with Crippen molar-refractivity contribution in [2.75, 3.05) is 0 Å². The van der Waals surface area contributed by atoms with Crippen LogP contribution >= 0.6 is 0 Å². The van der Waals surface area contributed by atoms with Crippen LogP contribution in [0.4, 0.5) is 0 Å². The van der Waals surface area contributed by atoms with Crippen LogP contribution < -0.4 is 5.32 Å². The Bertz CT molecular complexity index is 305. The zero-order valence-electron chi connectivity index (χ0n) is 9.66. The fourth-order valence-corrected chi connectivity index (χ4v) is 2.47. The molecule has 2 aliphatic rings. The third-order valence-electron chi connectivity index (χ3n) is 4.27. The van der Waals surface area contributed by atoms with E-state index in [1.807, 2.05) is 6.92 Å². The van der Waals surface area contributed by atoms with E-state index < -0.39 is 11.4 Å². The normalized spacial score (nSPS) is 25.1. The molecule has 4 nitrogen and oxygen atoms in total. The lowest BCUT2D eigenvalue weighted by atomic mass is 9.67. The molecule has 0 bridgehead atoms. The molecule has 1 amide bonds. The van der Waals surface area contributed by atoms with Gasteiger partial charge in [0.05, 0.1) is 0 Å². The van der Waals surface area contributed by atoms with Crippen molar-refractivity contribution in [3.63, 3.8) is 0 Å². The van der Waals surface area contributed by atoms with Gasteiger partial charge in [0.15, 0.2) is 0 Å². The van der Waals surface area contributed by atoms with Crippen LogP contribution in [0.5, 0.6) is 0 Å². The Balaban J connectivity index is 1.93. The lowest BCUT2D eigenvalue weighted by molar-refractivity contribution is -0.162. The predicted molar refractivity (Wildman–Crippen MR) is 58.9 cm³/mol. The monoisotopic (exact) mass is 225 g/mol. The highest BCUT2D eigenvalue weighted by Crippen LogP contribution is 2.42. The molecule has 2 fully saturated rings. The highest BCUT2D eigenvalue weighted by Gasteiger charge is 2.51. The Hall–Kier alpha value is -1.06.